The number of hydrogen-bond donors (Lipinski definition) is 6. The van der Waals surface area contributed by atoms with Crippen molar-refractivity contribution in [1.29, 1.82) is 0 Å². The van der Waals surface area contributed by atoms with Gasteiger partial charge in [0, 0.05) is 8.27 Å². The SMILES string of the molecule is Nc1nc2c(ncn2[C@@H]2O[C@@H]3COP(=O)(O)OC4[C@@H](COP(=O)(O)PC2[C@H]3OCC(F)(F)F)O[C@@H](n2cnc3c(N)ncnc32)[C@H]4O)c(=O)[nH]1. The Hall–Kier alpha value is -3.18. The van der Waals surface area contributed by atoms with E-state index < -0.39 is 104 Å². The summed E-state index contributed by atoms with van der Waals surface area (Å²) in [5.41, 5.74) is 9.07. The van der Waals surface area contributed by atoms with Crippen LogP contribution >= 0.6 is 23.4 Å². The molecule has 0 radical (unpaired) electrons. The lowest BCUT2D eigenvalue weighted by molar-refractivity contribution is -0.190. The van der Waals surface area contributed by atoms with Crippen molar-refractivity contribution in [3.8, 4) is 0 Å². The Morgan fingerprint density at radius 3 is 2.42 bits per heavy atom. The topological polar surface area (TPSA) is 309 Å². The zero-order chi connectivity index (χ0) is 35.7. The third-order valence-corrected chi connectivity index (χ3v) is 12.8. The lowest BCUT2D eigenvalue weighted by Gasteiger charge is -2.27. The minimum absolute atomic E-state index is 0.00117. The van der Waals surface area contributed by atoms with Crippen molar-refractivity contribution in [2.45, 2.75) is 54.8 Å². The summed E-state index contributed by atoms with van der Waals surface area (Å²) in [4.78, 5) is 56.4. The van der Waals surface area contributed by atoms with E-state index in [1.165, 1.54) is 10.9 Å². The highest BCUT2D eigenvalue weighted by Gasteiger charge is 2.54. The Morgan fingerprint density at radius 1 is 1.00 bits per heavy atom. The van der Waals surface area contributed by atoms with Gasteiger partial charge in [0.15, 0.2) is 28.9 Å². The molecule has 272 valence electrons. The van der Waals surface area contributed by atoms with Gasteiger partial charge in [-0.25, -0.2) is 24.5 Å². The highest BCUT2D eigenvalue weighted by atomic mass is 32.1. The fourth-order valence-corrected chi connectivity index (χ4v) is 10.8. The molecule has 5 unspecified atom stereocenters. The van der Waals surface area contributed by atoms with Gasteiger partial charge in [-0.15, -0.1) is 0 Å². The predicted molar refractivity (Wildman–Crippen MR) is 160 cm³/mol. The molecule has 0 saturated carbocycles. The summed E-state index contributed by atoms with van der Waals surface area (Å²) >= 11 is 0. The normalized spacial score (nSPS) is 36.0. The number of rotatable bonds is 4. The average Bonchev–Trinajstić information content (AvgIpc) is 3.78. The molecule has 7 rings (SSSR count). The Kier molecular flexibility index (Phi) is 9.02. The standard InChI is InChI=1S/C22H26F3N10O12P3/c23-22(24,25)3-42-13-8-1-43-49(38,39)47-12-7(45-19(11(12)36)34-5-30-9-15(26)28-4-29-16(9)34)2-44-50(40,41)48-14(13)20(46-8)35-6-31-10-17(35)32-21(27)33-18(10)37/h4-8,11-14,19-20,36,48H,1-3H2,(H,38,39)(H,40,41)(H2,26,28,29)(H3,27,32,33,37)/t7-,8-,11+,12?,13+,14?,19-,20-/m1/s1. The molecule has 22 nitrogen and oxygen atoms in total. The van der Waals surface area contributed by atoms with E-state index in [0.717, 1.165) is 17.2 Å². The molecule has 0 amide bonds. The van der Waals surface area contributed by atoms with Gasteiger partial charge in [-0.2, -0.15) is 18.2 Å². The molecular weight excluding hydrogens is 746 g/mol. The number of phosphoric ester groups is 1. The van der Waals surface area contributed by atoms with Gasteiger partial charge < -0.3 is 45.1 Å². The molecule has 11 atom stereocenters. The number of fused-ring (bicyclic) bond motifs is 5. The van der Waals surface area contributed by atoms with E-state index in [4.69, 9.17) is 39.2 Å². The number of hydrogen-bond acceptors (Lipinski definition) is 17. The number of aromatic amines is 1. The predicted octanol–water partition coefficient (Wildman–Crippen LogP) is -0.0930. The minimum atomic E-state index is -5.24. The fourth-order valence-electron chi connectivity index (χ4n) is 5.80. The van der Waals surface area contributed by atoms with Gasteiger partial charge in [0.2, 0.25) is 5.95 Å². The second kappa shape index (κ2) is 12.8. The number of aromatic nitrogens is 8. The number of nitrogens with zero attached hydrogens (tertiary/aromatic N) is 7. The first-order chi connectivity index (χ1) is 23.5. The number of halogens is 3. The van der Waals surface area contributed by atoms with Gasteiger partial charge in [0.25, 0.3) is 5.56 Å². The van der Waals surface area contributed by atoms with Crippen LogP contribution in [0.4, 0.5) is 24.9 Å². The lowest BCUT2D eigenvalue weighted by Crippen LogP contribution is -2.37. The summed E-state index contributed by atoms with van der Waals surface area (Å²) in [6, 6.07) is 0. The van der Waals surface area contributed by atoms with Crippen LogP contribution in [0, 0.1) is 0 Å². The summed E-state index contributed by atoms with van der Waals surface area (Å²) in [6.07, 6.45) is -12.8. The zero-order valence-corrected chi connectivity index (χ0v) is 27.6. The molecule has 8 N–H and O–H groups in total. The number of aliphatic hydroxyl groups is 1. The Morgan fingerprint density at radius 2 is 1.68 bits per heavy atom. The number of nitrogens with two attached hydrogens (primary N) is 2. The van der Waals surface area contributed by atoms with Crippen LogP contribution in [0.2, 0.25) is 0 Å². The smallest absolute Gasteiger partial charge is 0.386 e. The number of nitrogen functional groups attached to an aromatic ring is 2. The van der Waals surface area contributed by atoms with Crippen LogP contribution in [0.1, 0.15) is 12.5 Å². The molecule has 0 aliphatic carbocycles. The van der Waals surface area contributed by atoms with Crippen molar-refractivity contribution < 1.29 is 65.0 Å². The average molecular weight is 772 g/mol. The summed E-state index contributed by atoms with van der Waals surface area (Å²) in [6.45, 7) is -3.66. The van der Waals surface area contributed by atoms with Crippen LogP contribution in [-0.2, 0) is 36.9 Å². The summed E-state index contributed by atoms with van der Waals surface area (Å²) in [7, 11) is -11.4. The second-order valence-corrected chi connectivity index (χ2v) is 17.3. The molecule has 3 aliphatic heterocycles. The van der Waals surface area contributed by atoms with Crippen molar-refractivity contribution in [2.75, 3.05) is 31.3 Å². The maximum Gasteiger partial charge on any atom is 0.472 e. The van der Waals surface area contributed by atoms with Crippen LogP contribution in [0.3, 0.4) is 0 Å². The summed E-state index contributed by atoms with van der Waals surface area (Å²) < 4.78 is 102. The van der Waals surface area contributed by atoms with Gasteiger partial charge in [-0.3, -0.25) is 32.5 Å². The van der Waals surface area contributed by atoms with E-state index in [0.29, 0.717) is 0 Å². The maximum atomic E-state index is 13.7. The molecular formula is C22H26F3N10O12P3. The zero-order valence-electron chi connectivity index (χ0n) is 24.8. The van der Waals surface area contributed by atoms with Crippen LogP contribution in [-0.4, -0.2) is 116 Å². The molecule has 4 aromatic heterocycles. The number of H-pyrrole nitrogens is 1. The van der Waals surface area contributed by atoms with Crippen molar-refractivity contribution in [3.05, 3.63) is 29.3 Å². The molecule has 28 heteroatoms. The summed E-state index contributed by atoms with van der Waals surface area (Å²) in [5.74, 6) is -0.352. The largest absolute Gasteiger partial charge is 0.472 e. The number of alkyl halides is 3. The number of anilines is 2. The molecule has 3 aliphatic rings. The van der Waals surface area contributed by atoms with Crippen molar-refractivity contribution in [3.63, 3.8) is 0 Å². The first kappa shape index (κ1) is 35.2. The van der Waals surface area contributed by atoms with E-state index in [1.54, 1.807) is 0 Å². The fraction of sp³-hybridized carbons (Fsp3) is 0.545. The van der Waals surface area contributed by atoms with Crippen LogP contribution in [0.15, 0.2) is 23.8 Å². The van der Waals surface area contributed by atoms with Crippen molar-refractivity contribution >= 4 is 57.5 Å². The first-order valence-corrected chi connectivity index (χ1v) is 19.2. The van der Waals surface area contributed by atoms with E-state index in [-0.39, 0.29) is 34.1 Å². The van der Waals surface area contributed by atoms with E-state index in [9.17, 15) is 42.0 Å². The Labute approximate surface area is 277 Å². The molecule has 0 spiro atoms. The second-order valence-electron chi connectivity index (χ2n) is 11.2. The van der Waals surface area contributed by atoms with Crippen molar-refractivity contribution in [2.24, 2.45) is 0 Å². The number of aliphatic hydroxyl groups excluding tert-OH is 1. The van der Waals surface area contributed by atoms with Gasteiger partial charge in [-0.05, 0) is 0 Å². The van der Waals surface area contributed by atoms with Crippen molar-refractivity contribution in [1.82, 2.24) is 39.0 Å². The third kappa shape index (κ3) is 6.76. The maximum absolute atomic E-state index is 13.7. The minimum Gasteiger partial charge on any atom is -0.386 e. The van der Waals surface area contributed by atoms with Crippen LogP contribution < -0.4 is 17.0 Å². The van der Waals surface area contributed by atoms with E-state index in [1.807, 2.05) is 0 Å². The molecule has 3 saturated heterocycles. The molecule has 0 aromatic carbocycles. The summed E-state index contributed by atoms with van der Waals surface area (Å²) in [5, 5.41) is 11.2. The molecule has 7 heterocycles. The highest BCUT2D eigenvalue weighted by molar-refractivity contribution is 8.20. The molecule has 3 fully saturated rings. The first-order valence-electron chi connectivity index (χ1n) is 14.2. The number of phosphoric acid groups is 1. The number of ether oxygens (including phenoxy) is 3. The lowest BCUT2D eigenvalue weighted by atomic mass is 10.1. The number of imidazole rings is 2. The quantitative estimate of drug-likeness (QED) is 0.148. The molecule has 4 aromatic rings. The Balaban J connectivity index is 1.24. The van der Waals surface area contributed by atoms with Gasteiger partial charge >= 0.3 is 21.3 Å². The monoisotopic (exact) mass is 772 g/mol. The molecule has 2 bridgehead atoms. The Bertz CT molecular complexity index is 2080. The van der Waals surface area contributed by atoms with E-state index in [2.05, 4.69) is 29.9 Å². The van der Waals surface area contributed by atoms with Crippen LogP contribution in [0.5, 0.6) is 0 Å². The van der Waals surface area contributed by atoms with Gasteiger partial charge in [0.1, 0.15) is 49.1 Å². The van der Waals surface area contributed by atoms with E-state index >= 15 is 0 Å². The highest BCUT2D eigenvalue weighted by Crippen LogP contribution is 2.67. The number of nitrogens with one attached hydrogen (secondary N) is 1. The van der Waals surface area contributed by atoms with Gasteiger partial charge in [-0.1, -0.05) is 0 Å². The van der Waals surface area contributed by atoms with Crippen LogP contribution in [0.25, 0.3) is 22.3 Å². The molecule has 50 heavy (non-hydrogen) atoms. The van der Waals surface area contributed by atoms with Gasteiger partial charge in [0.05, 0.1) is 37.6 Å². The third-order valence-electron chi connectivity index (χ3n) is 7.86.